The lowest BCUT2D eigenvalue weighted by Gasteiger charge is -2.08. The van der Waals surface area contributed by atoms with Crippen LogP contribution in [0.5, 0.6) is 5.88 Å². The summed E-state index contributed by atoms with van der Waals surface area (Å²) < 4.78 is 7.88. The minimum atomic E-state index is 0.242. The van der Waals surface area contributed by atoms with E-state index < -0.39 is 0 Å². The molecule has 4 rings (SSSR count). The Morgan fingerprint density at radius 2 is 2.30 bits per heavy atom. The van der Waals surface area contributed by atoms with E-state index in [1.165, 1.54) is 18.5 Å². The van der Waals surface area contributed by atoms with Crippen molar-refractivity contribution in [2.45, 2.75) is 45.1 Å². The van der Waals surface area contributed by atoms with Gasteiger partial charge in [-0.3, -0.25) is 0 Å². The average molecular weight is 384 g/mol. The monoisotopic (exact) mass is 383 g/mol. The van der Waals surface area contributed by atoms with Crippen molar-refractivity contribution in [2.75, 3.05) is 13.2 Å². The van der Waals surface area contributed by atoms with E-state index in [-0.39, 0.29) is 6.04 Å². The van der Waals surface area contributed by atoms with E-state index >= 15 is 0 Å². The van der Waals surface area contributed by atoms with E-state index in [9.17, 15) is 0 Å². The lowest BCUT2D eigenvalue weighted by molar-refractivity contribution is 0.315. The van der Waals surface area contributed by atoms with Gasteiger partial charge in [0.25, 0.3) is 5.88 Å². The molecule has 0 aromatic carbocycles. The highest BCUT2D eigenvalue weighted by Gasteiger charge is 2.31. The fourth-order valence-corrected chi connectivity index (χ4v) is 4.23. The molecule has 1 atom stereocenters. The second-order valence-electron chi connectivity index (χ2n) is 6.84. The van der Waals surface area contributed by atoms with Gasteiger partial charge in [-0.2, -0.15) is 0 Å². The van der Waals surface area contributed by atoms with Gasteiger partial charge in [0, 0.05) is 24.5 Å². The van der Waals surface area contributed by atoms with Crippen LogP contribution in [-0.2, 0) is 0 Å². The molecule has 3 aromatic heterocycles. The van der Waals surface area contributed by atoms with Gasteiger partial charge in [0.2, 0.25) is 5.65 Å². The zero-order valence-electron chi connectivity index (χ0n) is 15.8. The Morgan fingerprint density at radius 3 is 3.04 bits per heavy atom. The molecule has 3 heterocycles. The number of nitrogens with one attached hydrogen (secondary N) is 1. The van der Waals surface area contributed by atoms with Crippen molar-refractivity contribution in [3.63, 3.8) is 0 Å². The molecule has 1 aliphatic rings. The Balaban J connectivity index is 1.75. The van der Waals surface area contributed by atoms with Crippen LogP contribution in [0.3, 0.4) is 0 Å². The van der Waals surface area contributed by atoms with Crippen LogP contribution in [0.1, 0.15) is 55.8 Å². The Morgan fingerprint density at radius 1 is 1.44 bits per heavy atom. The van der Waals surface area contributed by atoms with Crippen molar-refractivity contribution in [2.24, 2.45) is 0 Å². The molecule has 27 heavy (non-hydrogen) atoms. The molecule has 1 N–H and O–H groups in total. The number of nitrogens with zero attached hydrogens (tertiary/aromatic N) is 4. The highest BCUT2D eigenvalue weighted by atomic mass is 32.1. The predicted octanol–water partition coefficient (Wildman–Crippen LogP) is 4.36. The molecule has 0 bridgehead atoms. The van der Waals surface area contributed by atoms with Crippen molar-refractivity contribution >= 4 is 17.0 Å². The predicted molar refractivity (Wildman–Crippen MR) is 108 cm³/mol. The zero-order chi connectivity index (χ0) is 18.8. The first-order valence-corrected chi connectivity index (χ1v) is 10.3. The summed E-state index contributed by atoms with van der Waals surface area (Å²) in [6.45, 7) is 9.50. The van der Waals surface area contributed by atoms with E-state index in [4.69, 9.17) is 14.7 Å². The van der Waals surface area contributed by atoms with Gasteiger partial charge in [0.05, 0.1) is 23.2 Å². The molecular formula is C20H25N5OS. The Kier molecular flexibility index (Phi) is 5.22. The van der Waals surface area contributed by atoms with Gasteiger partial charge in [-0.25, -0.2) is 15.0 Å². The van der Waals surface area contributed by atoms with Gasteiger partial charge < -0.3 is 14.5 Å². The molecule has 142 valence electrons. The van der Waals surface area contributed by atoms with E-state index in [1.807, 2.05) is 22.9 Å². The molecule has 0 aliphatic heterocycles. The van der Waals surface area contributed by atoms with E-state index in [0.29, 0.717) is 18.4 Å². The normalized spacial score (nSPS) is 15.2. The second-order valence-corrected chi connectivity index (χ2v) is 7.87. The standard InChI is InChI=1S/C20H25N5OS/c1-4-6-11-26-19-18-22-9-10-25(18)12-15(23-19)17-16(14-7-8-14)24-20(27-17)13(3)21-5-2/h4,9-10,12-14,21H,1,5-8,11H2,2-3H3/t13-/m1/s1. The minimum Gasteiger partial charge on any atom is -0.475 e. The molecule has 3 aromatic rings. The van der Waals surface area contributed by atoms with Gasteiger partial charge in [0.1, 0.15) is 10.7 Å². The lowest BCUT2D eigenvalue weighted by Crippen LogP contribution is -2.17. The van der Waals surface area contributed by atoms with Crippen molar-refractivity contribution in [3.05, 3.63) is 41.9 Å². The van der Waals surface area contributed by atoms with Crippen LogP contribution in [0.15, 0.2) is 31.2 Å². The van der Waals surface area contributed by atoms with Crippen LogP contribution in [0, 0.1) is 0 Å². The maximum absolute atomic E-state index is 5.90. The first-order valence-electron chi connectivity index (χ1n) is 9.53. The zero-order valence-corrected chi connectivity index (χ0v) is 16.6. The quantitative estimate of drug-likeness (QED) is 0.439. The topological polar surface area (TPSA) is 64.3 Å². The molecule has 1 fully saturated rings. The van der Waals surface area contributed by atoms with Gasteiger partial charge in [0.15, 0.2) is 0 Å². The van der Waals surface area contributed by atoms with Crippen molar-refractivity contribution < 1.29 is 4.74 Å². The lowest BCUT2D eigenvalue weighted by atomic mass is 10.2. The fraction of sp³-hybridized carbons (Fsp3) is 0.450. The summed E-state index contributed by atoms with van der Waals surface area (Å²) in [5, 5.41) is 4.58. The third kappa shape index (κ3) is 3.75. The fourth-order valence-electron chi connectivity index (χ4n) is 3.09. The Labute approximate surface area is 163 Å². The largest absolute Gasteiger partial charge is 0.475 e. The Hall–Kier alpha value is -2.25. The van der Waals surface area contributed by atoms with Crippen LogP contribution in [-0.4, -0.2) is 32.5 Å². The molecule has 1 saturated carbocycles. The number of ether oxygens (including phenoxy) is 1. The van der Waals surface area contributed by atoms with E-state index in [1.54, 1.807) is 17.5 Å². The van der Waals surface area contributed by atoms with Crippen LogP contribution < -0.4 is 10.1 Å². The smallest absolute Gasteiger partial charge is 0.258 e. The average Bonchev–Trinajstić information content (AvgIpc) is 3.23. The van der Waals surface area contributed by atoms with Crippen LogP contribution in [0.4, 0.5) is 0 Å². The number of imidazole rings is 1. The highest BCUT2D eigenvalue weighted by molar-refractivity contribution is 7.15. The molecule has 0 radical (unpaired) electrons. The third-order valence-corrected chi connectivity index (χ3v) is 5.93. The molecule has 0 spiro atoms. The SMILES string of the molecule is C=CCCOc1nc(-c2sc([C@@H](C)NCC)nc2C2CC2)cn2ccnc12. The molecule has 6 nitrogen and oxygen atoms in total. The maximum atomic E-state index is 5.90. The molecular weight excluding hydrogens is 358 g/mol. The Bertz CT molecular complexity index is 943. The summed E-state index contributed by atoms with van der Waals surface area (Å²) in [4.78, 5) is 15.3. The number of rotatable bonds is 9. The molecule has 0 amide bonds. The van der Waals surface area contributed by atoms with Gasteiger partial charge in [-0.1, -0.05) is 13.0 Å². The van der Waals surface area contributed by atoms with Crippen LogP contribution in [0.2, 0.25) is 0 Å². The summed E-state index contributed by atoms with van der Waals surface area (Å²) >= 11 is 1.74. The van der Waals surface area contributed by atoms with Crippen LogP contribution in [0.25, 0.3) is 16.2 Å². The van der Waals surface area contributed by atoms with E-state index in [0.717, 1.165) is 34.2 Å². The van der Waals surface area contributed by atoms with Gasteiger partial charge in [-0.15, -0.1) is 17.9 Å². The molecule has 0 saturated heterocycles. The number of thiazole rings is 1. The van der Waals surface area contributed by atoms with Crippen molar-refractivity contribution in [3.8, 4) is 16.5 Å². The summed E-state index contributed by atoms with van der Waals surface area (Å²) in [5.74, 6) is 1.13. The summed E-state index contributed by atoms with van der Waals surface area (Å²) in [7, 11) is 0. The molecule has 0 unspecified atom stereocenters. The second kappa shape index (κ2) is 7.78. The summed E-state index contributed by atoms with van der Waals surface area (Å²) in [5.41, 5.74) is 2.83. The summed E-state index contributed by atoms with van der Waals surface area (Å²) in [6.07, 6.45) is 10.8. The minimum absolute atomic E-state index is 0.242. The number of fused-ring (bicyclic) bond motifs is 1. The molecule has 1 aliphatic carbocycles. The van der Waals surface area contributed by atoms with Crippen LogP contribution >= 0.6 is 11.3 Å². The number of hydrogen-bond donors (Lipinski definition) is 1. The van der Waals surface area contributed by atoms with Gasteiger partial charge in [-0.05, 0) is 32.7 Å². The van der Waals surface area contributed by atoms with Gasteiger partial charge >= 0.3 is 0 Å². The van der Waals surface area contributed by atoms with Crippen molar-refractivity contribution in [1.29, 1.82) is 0 Å². The molecule has 7 heteroatoms. The first kappa shape index (κ1) is 18.1. The third-order valence-electron chi connectivity index (χ3n) is 4.65. The highest BCUT2D eigenvalue weighted by Crippen LogP contribution is 2.46. The first-order chi connectivity index (χ1) is 13.2. The number of aromatic nitrogens is 4. The number of hydrogen-bond acceptors (Lipinski definition) is 6. The van der Waals surface area contributed by atoms with E-state index in [2.05, 4.69) is 30.7 Å². The summed E-state index contributed by atoms with van der Waals surface area (Å²) in [6, 6.07) is 0.242. The van der Waals surface area contributed by atoms with Crippen molar-refractivity contribution in [1.82, 2.24) is 24.7 Å². The maximum Gasteiger partial charge on any atom is 0.258 e.